The van der Waals surface area contributed by atoms with Crippen LogP contribution < -0.4 is 4.74 Å². The molecule has 2 aromatic carbocycles. The van der Waals surface area contributed by atoms with Crippen LogP contribution in [-0.2, 0) is 17.9 Å². The molecular weight excluding hydrogens is 427 g/mol. The maximum absolute atomic E-state index is 13.4. The molecule has 0 N–H and O–H groups in total. The normalized spacial score (nSPS) is 10.8. The molecule has 2 amide bonds. The van der Waals surface area contributed by atoms with E-state index in [0.29, 0.717) is 24.4 Å². The van der Waals surface area contributed by atoms with E-state index >= 15 is 0 Å². The number of carbonyl (C=O) groups is 2. The van der Waals surface area contributed by atoms with Gasteiger partial charge in [-0.15, -0.1) is 11.3 Å². The first kappa shape index (κ1) is 23.5. The lowest BCUT2D eigenvalue weighted by Gasteiger charge is -2.30. The highest BCUT2D eigenvalue weighted by Crippen LogP contribution is 2.18. The maximum Gasteiger partial charge on any atom is 0.254 e. The average molecular weight is 455 g/mol. The molecule has 1 heterocycles. The lowest BCUT2D eigenvalue weighted by molar-refractivity contribution is -0.133. The van der Waals surface area contributed by atoms with Crippen molar-refractivity contribution in [2.75, 3.05) is 13.7 Å². The molecule has 5 nitrogen and oxygen atoms in total. The van der Waals surface area contributed by atoms with Crippen LogP contribution in [0.4, 0.5) is 4.39 Å². The van der Waals surface area contributed by atoms with Crippen LogP contribution in [0.1, 0.15) is 34.6 Å². The van der Waals surface area contributed by atoms with Crippen molar-refractivity contribution in [2.24, 2.45) is 0 Å². The molecule has 0 saturated heterocycles. The molecule has 0 aliphatic heterocycles. The number of halogens is 1. The van der Waals surface area contributed by atoms with Crippen LogP contribution in [0.3, 0.4) is 0 Å². The number of carbonyl (C=O) groups excluding carboxylic acids is 2. The fraction of sp³-hybridized carbons (Fsp3) is 0.280. The summed E-state index contributed by atoms with van der Waals surface area (Å²) in [7, 11) is 1.55. The monoisotopic (exact) mass is 454 g/mol. The molecule has 0 fully saturated rings. The third-order valence-electron chi connectivity index (χ3n) is 5.07. The largest absolute Gasteiger partial charge is 0.497 e. The first-order chi connectivity index (χ1) is 15.4. The van der Waals surface area contributed by atoms with Crippen LogP contribution in [0.25, 0.3) is 0 Å². The molecule has 0 radical (unpaired) electrons. The zero-order valence-corrected chi connectivity index (χ0v) is 19.3. The van der Waals surface area contributed by atoms with Crippen LogP contribution >= 0.6 is 11.3 Å². The number of methoxy groups -OCH3 is 1. The van der Waals surface area contributed by atoms with Gasteiger partial charge in [0.15, 0.2) is 0 Å². The van der Waals surface area contributed by atoms with Crippen molar-refractivity contribution in [3.05, 3.63) is 87.9 Å². The van der Waals surface area contributed by atoms with Crippen molar-refractivity contribution >= 4 is 23.2 Å². The Morgan fingerprint density at radius 1 is 1.03 bits per heavy atom. The summed E-state index contributed by atoms with van der Waals surface area (Å²) in [6.07, 6.45) is 0. The molecule has 0 unspecified atom stereocenters. The van der Waals surface area contributed by atoms with Crippen LogP contribution in [-0.4, -0.2) is 41.3 Å². The van der Waals surface area contributed by atoms with E-state index < -0.39 is 0 Å². The van der Waals surface area contributed by atoms with Gasteiger partial charge in [-0.1, -0.05) is 24.3 Å². The van der Waals surface area contributed by atoms with E-state index in [1.54, 1.807) is 64.6 Å². The lowest BCUT2D eigenvalue weighted by atomic mass is 10.1. The Labute approximate surface area is 192 Å². The molecule has 1 aromatic heterocycles. The Bertz CT molecular complexity index is 1040. The van der Waals surface area contributed by atoms with Gasteiger partial charge in [0.05, 0.1) is 13.7 Å². The Balaban J connectivity index is 1.80. The highest BCUT2D eigenvalue weighted by atomic mass is 32.1. The number of nitrogens with zero attached hydrogens (tertiary/aromatic N) is 2. The van der Waals surface area contributed by atoms with Gasteiger partial charge in [-0.2, -0.15) is 0 Å². The van der Waals surface area contributed by atoms with Gasteiger partial charge >= 0.3 is 0 Å². The average Bonchev–Trinajstić information content (AvgIpc) is 3.31. The summed E-state index contributed by atoms with van der Waals surface area (Å²) in [4.78, 5) is 30.8. The topological polar surface area (TPSA) is 49.9 Å². The van der Waals surface area contributed by atoms with E-state index in [1.807, 2.05) is 31.4 Å². The molecular formula is C25H27FN2O3S. The van der Waals surface area contributed by atoms with E-state index in [-0.39, 0.29) is 30.2 Å². The Kier molecular flexibility index (Phi) is 8.00. The summed E-state index contributed by atoms with van der Waals surface area (Å²) in [5, 5.41) is 1.96. The molecule has 7 heteroatoms. The summed E-state index contributed by atoms with van der Waals surface area (Å²) < 4.78 is 18.5. The van der Waals surface area contributed by atoms with Crippen LogP contribution in [0.2, 0.25) is 0 Å². The maximum atomic E-state index is 13.4. The molecule has 0 atom stereocenters. The number of amides is 2. The summed E-state index contributed by atoms with van der Waals surface area (Å²) >= 11 is 1.57. The van der Waals surface area contributed by atoms with Gasteiger partial charge in [0, 0.05) is 23.0 Å². The minimum absolute atomic E-state index is 0.0553. The first-order valence-electron chi connectivity index (χ1n) is 10.4. The highest BCUT2D eigenvalue weighted by molar-refractivity contribution is 7.09. The number of rotatable bonds is 9. The second-order valence-electron chi connectivity index (χ2n) is 7.71. The van der Waals surface area contributed by atoms with E-state index in [0.717, 1.165) is 10.4 Å². The number of hydrogen-bond donors (Lipinski definition) is 0. The van der Waals surface area contributed by atoms with Gasteiger partial charge in [-0.25, -0.2) is 4.39 Å². The summed E-state index contributed by atoms with van der Waals surface area (Å²) in [5.74, 6) is -0.140. The summed E-state index contributed by atoms with van der Waals surface area (Å²) in [6, 6.07) is 16.8. The van der Waals surface area contributed by atoms with E-state index in [2.05, 4.69) is 0 Å². The predicted molar refractivity (Wildman–Crippen MR) is 124 cm³/mol. The van der Waals surface area contributed by atoms with Gasteiger partial charge in [0.2, 0.25) is 5.91 Å². The molecule has 32 heavy (non-hydrogen) atoms. The third kappa shape index (κ3) is 6.17. The highest BCUT2D eigenvalue weighted by Gasteiger charge is 2.25. The van der Waals surface area contributed by atoms with E-state index in [4.69, 9.17) is 4.74 Å². The van der Waals surface area contributed by atoms with Crippen molar-refractivity contribution in [1.82, 2.24) is 9.80 Å². The minimum Gasteiger partial charge on any atom is -0.497 e. The molecule has 3 rings (SSSR count). The Morgan fingerprint density at radius 2 is 1.78 bits per heavy atom. The zero-order chi connectivity index (χ0) is 23.1. The van der Waals surface area contributed by atoms with Crippen molar-refractivity contribution in [3.63, 3.8) is 0 Å². The number of thiophene rings is 1. The van der Waals surface area contributed by atoms with Gasteiger partial charge in [0.25, 0.3) is 5.91 Å². The first-order valence-corrected chi connectivity index (χ1v) is 11.2. The molecule has 0 saturated carbocycles. The van der Waals surface area contributed by atoms with Crippen molar-refractivity contribution in [1.29, 1.82) is 0 Å². The van der Waals surface area contributed by atoms with Gasteiger partial charge < -0.3 is 14.5 Å². The minimum atomic E-state index is -0.320. The molecule has 168 valence electrons. The van der Waals surface area contributed by atoms with Crippen molar-refractivity contribution in [2.45, 2.75) is 33.0 Å². The van der Waals surface area contributed by atoms with Gasteiger partial charge in [0.1, 0.15) is 18.1 Å². The standard InChI is InChI=1S/C25H27FN2O3S/c1-18(2)28(25(30)20-6-4-7-22(14-20)31-3)17-24(29)27(16-23-8-5-13-32-23)15-19-9-11-21(26)12-10-19/h4-14,18H,15-17H2,1-3H3. The van der Waals surface area contributed by atoms with Crippen molar-refractivity contribution in [3.8, 4) is 5.75 Å². The predicted octanol–water partition coefficient (Wildman–Crippen LogP) is 4.98. The smallest absolute Gasteiger partial charge is 0.254 e. The van der Waals surface area contributed by atoms with E-state index in [9.17, 15) is 14.0 Å². The fourth-order valence-corrected chi connectivity index (χ4v) is 4.01. The second kappa shape index (κ2) is 10.9. The van der Waals surface area contributed by atoms with Gasteiger partial charge in [-0.3, -0.25) is 9.59 Å². The van der Waals surface area contributed by atoms with Crippen LogP contribution in [0, 0.1) is 5.82 Å². The fourth-order valence-electron chi connectivity index (χ4n) is 3.29. The SMILES string of the molecule is COc1cccc(C(=O)N(CC(=O)N(Cc2ccc(F)cc2)Cc2cccs2)C(C)C)c1. The molecule has 0 spiro atoms. The Hall–Kier alpha value is -3.19. The molecule has 0 aliphatic carbocycles. The second-order valence-corrected chi connectivity index (χ2v) is 8.75. The lowest BCUT2D eigenvalue weighted by Crippen LogP contribution is -2.45. The quantitative estimate of drug-likeness (QED) is 0.458. The number of benzene rings is 2. The molecule has 0 aliphatic rings. The number of ether oxygens (including phenoxy) is 1. The van der Waals surface area contributed by atoms with Crippen LogP contribution in [0.15, 0.2) is 66.0 Å². The van der Waals surface area contributed by atoms with Crippen molar-refractivity contribution < 1.29 is 18.7 Å². The summed E-state index contributed by atoms with van der Waals surface area (Å²) in [5.41, 5.74) is 1.29. The van der Waals surface area contributed by atoms with Crippen LogP contribution in [0.5, 0.6) is 5.75 Å². The molecule has 3 aromatic rings. The van der Waals surface area contributed by atoms with Gasteiger partial charge in [-0.05, 0) is 61.2 Å². The zero-order valence-electron chi connectivity index (χ0n) is 18.5. The van der Waals surface area contributed by atoms with E-state index in [1.165, 1.54) is 12.1 Å². The number of hydrogen-bond acceptors (Lipinski definition) is 4. The summed E-state index contributed by atoms with van der Waals surface area (Å²) in [6.45, 7) is 4.47. The molecule has 0 bridgehead atoms. The third-order valence-corrected chi connectivity index (χ3v) is 5.93. The Morgan fingerprint density at radius 3 is 2.41 bits per heavy atom.